The van der Waals surface area contributed by atoms with Crippen LogP contribution in [0.1, 0.15) is 38.4 Å². The van der Waals surface area contributed by atoms with Gasteiger partial charge in [-0.15, -0.1) is 0 Å². The zero-order valence-corrected chi connectivity index (χ0v) is 15.5. The predicted octanol–water partition coefficient (Wildman–Crippen LogP) is 1.08. The first-order valence-electron chi connectivity index (χ1n) is 9.59. The first-order chi connectivity index (χ1) is 12.6. The van der Waals surface area contributed by atoms with Crippen molar-refractivity contribution in [1.29, 1.82) is 0 Å². The number of aryl methyl sites for hydroxylation is 2. The predicted molar refractivity (Wildman–Crippen MR) is 99.9 cm³/mol. The summed E-state index contributed by atoms with van der Waals surface area (Å²) in [4.78, 5) is 23.5. The average Bonchev–Trinajstić information content (AvgIpc) is 3.37. The fraction of sp³-hybridized carbons (Fsp3) is 0.667. The summed E-state index contributed by atoms with van der Waals surface area (Å²) >= 11 is 0. The monoisotopic (exact) mass is 357 g/mol. The number of rotatable bonds is 6. The maximum absolute atomic E-state index is 12.0. The molecule has 1 saturated heterocycles. The van der Waals surface area contributed by atoms with Crippen molar-refractivity contribution in [2.45, 2.75) is 51.1 Å². The van der Waals surface area contributed by atoms with Crippen LogP contribution in [0.2, 0.25) is 0 Å². The number of hydrogen-bond donors (Lipinski definition) is 2. The Kier molecular flexibility index (Phi) is 4.76. The number of anilines is 1. The highest BCUT2D eigenvalue weighted by Crippen LogP contribution is 2.23. The van der Waals surface area contributed by atoms with Crippen molar-refractivity contribution >= 4 is 22.8 Å². The van der Waals surface area contributed by atoms with Crippen LogP contribution in [0.4, 0.5) is 5.82 Å². The van der Waals surface area contributed by atoms with Crippen LogP contribution in [-0.4, -0.2) is 62.3 Å². The molecule has 2 fully saturated rings. The van der Waals surface area contributed by atoms with E-state index in [1.54, 1.807) is 4.68 Å². The van der Waals surface area contributed by atoms with Gasteiger partial charge in [0.2, 0.25) is 5.91 Å². The van der Waals surface area contributed by atoms with Gasteiger partial charge in [-0.05, 0) is 25.7 Å². The first-order valence-corrected chi connectivity index (χ1v) is 9.59. The highest BCUT2D eigenvalue weighted by Gasteiger charge is 2.26. The molecule has 2 aromatic heterocycles. The van der Waals surface area contributed by atoms with E-state index in [-0.39, 0.29) is 5.91 Å². The van der Waals surface area contributed by atoms with Crippen LogP contribution >= 0.6 is 0 Å². The Hall–Kier alpha value is -2.22. The molecule has 8 heteroatoms. The molecule has 140 valence electrons. The molecule has 0 radical (unpaired) electrons. The largest absolute Gasteiger partial charge is 0.367 e. The molecule has 0 unspecified atom stereocenters. The highest BCUT2D eigenvalue weighted by molar-refractivity contribution is 5.86. The Morgan fingerprint density at radius 2 is 1.96 bits per heavy atom. The van der Waals surface area contributed by atoms with E-state index < -0.39 is 0 Å². The minimum atomic E-state index is 0.166. The van der Waals surface area contributed by atoms with Gasteiger partial charge in [-0.2, -0.15) is 5.10 Å². The molecule has 4 rings (SSSR count). The minimum Gasteiger partial charge on any atom is -0.367 e. The number of carbonyl (C=O) groups is 1. The van der Waals surface area contributed by atoms with Gasteiger partial charge in [0.1, 0.15) is 11.6 Å². The van der Waals surface area contributed by atoms with Crippen molar-refractivity contribution in [2.24, 2.45) is 7.05 Å². The van der Waals surface area contributed by atoms with Crippen molar-refractivity contribution in [3.05, 3.63) is 12.0 Å². The van der Waals surface area contributed by atoms with Crippen LogP contribution in [0.25, 0.3) is 11.0 Å². The Morgan fingerprint density at radius 1 is 1.19 bits per heavy atom. The van der Waals surface area contributed by atoms with Crippen LogP contribution in [0.15, 0.2) is 6.20 Å². The third-order valence-corrected chi connectivity index (χ3v) is 5.19. The summed E-state index contributed by atoms with van der Waals surface area (Å²) in [5.41, 5.74) is 0.869. The van der Waals surface area contributed by atoms with Gasteiger partial charge in [0.05, 0.1) is 18.1 Å². The summed E-state index contributed by atoms with van der Waals surface area (Å²) in [5, 5.41) is 11.9. The number of aromatic nitrogens is 4. The van der Waals surface area contributed by atoms with Crippen LogP contribution in [0.3, 0.4) is 0 Å². The summed E-state index contributed by atoms with van der Waals surface area (Å²) in [7, 11) is 1.91. The van der Waals surface area contributed by atoms with Gasteiger partial charge in [-0.3, -0.25) is 14.4 Å². The lowest BCUT2D eigenvalue weighted by Gasteiger charge is -2.32. The van der Waals surface area contributed by atoms with Gasteiger partial charge >= 0.3 is 0 Å². The Morgan fingerprint density at radius 3 is 2.65 bits per heavy atom. The lowest BCUT2D eigenvalue weighted by Crippen LogP contribution is -2.44. The van der Waals surface area contributed by atoms with Crippen molar-refractivity contribution in [2.75, 3.05) is 25.0 Å². The fourth-order valence-electron chi connectivity index (χ4n) is 3.47. The van der Waals surface area contributed by atoms with Gasteiger partial charge in [-0.1, -0.05) is 6.92 Å². The molecule has 0 atom stereocenters. The normalized spacial score (nSPS) is 19.0. The minimum absolute atomic E-state index is 0.166. The Balaban J connectivity index is 1.36. The molecular weight excluding hydrogens is 330 g/mol. The van der Waals surface area contributed by atoms with E-state index in [4.69, 9.17) is 0 Å². The van der Waals surface area contributed by atoms with Crippen LogP contribution in [-0.2, 0) is 18.3 Å². The van der Waals surface area contributed by atoms with E-state index in [2.05, 4.69) is 37.5 Å². The zero-order valence-electron chi connectivity index (χ0n) is 15.5. The Labute approximate surface area is 153 Å². The molecule has 2 N–H and O–H groups in total. The average molecular weight is 357 g/mol. The van der Waals surface area contributed by atoms with E-state index in [0.717, 1.165) is 67.9 Å². The number of likely N-dealkylation sites (tertiary alicyclic amines) is 1. The number of nitrogens with one attached hydrogen (secondary N) is 2. The number of piperidine rings is 1. The van der Waals surface area contributed by atoms with Crippen molar-refractivity contribution in [3.63, 3.8) is 0 Å². The quantitative estimate of drug-likeness (QED) is 0.804. The number of amides is 1. The molecule has 2 aliphatic rings. The second-order valence-corrected chi connectivity index (χ2v) is 7.38. The third-order valence-electron chi connectivity index (χ3n) is 5.19. The molecule has 26 heavy (non-hydrogen) atoms. The summed E-state index contributed by atoms with van der Waals surface area (Å²) in [5.74, 6) is 1.88. The van der Waals surface area contributed by atoms with Gasteiger partial charge in [0.25, 0.3) is 0 Å². The highest BCUT2D eigenvalue weighted by atomic mass is 16.2. The van der Waals surface area contributed by atoms with Crippen molar-refractivity contribution < 1.29 is 4.79 Å². The maximum atomic E-state index is 12.0. The van der Waals surface area contributed by atoms with Crippen molar-refractivity contribution in [3.8, 4) is 0 Å². The fourth-order valence-corrected chi connectivity index (χ4v) is 3.47. The van der Waals surface area contributed by atoms with Crippen LogP contribution in [0, 0.1) is 0 Å². The summed E-state index contributed by atoms with van der Waals surface area (Å²) < 4.78 is 1.79. The number of hydrogen-bond acceptors (Lipinski definition) is 6. The molecule has 3 heterocycles. The van der Waals surface area contributed by atoms with E-state index in [1.807, 2.05) is 13.2 Å². The SMILES string of the molecule is CCc1nc(NC2CCN(CC(=O)NC3CC3)CC2)c2cnn(C)c2n1. The second kappa shape index (κ2) is 7.19. The lowest BCUT2D eigenvalue weighted by molar-refractivity contribution is -0.122. The van der Waals surface area contributed by atoms with Gasteiger partial charge in [-0.25, -0.2) is 9.97 Å². The van der Waals surface area contributed by atoms with Gasteiger partial charge in [0, 0.05) is 38.6 Å². The molecule has 8 nitrogen and oxygen atoms in total. The molecule has 1 aliphatic heterocycles. The van der Waals surface area contributed by atoms with Crippen LogP contribution in [0.5, 0.6) is 0 Å². The molecule has 2 aromatic rings. The van der Waals surface area contributed by atoms with E-state index in [9.17, 15) is 4.79 Å². The molecule has 0 aromatic carbocycles. The summed E-state index contributed by atoms with van der Waals surface area (Å²) in [6.07, 6.45) is 6.91. The lowest BCUT2D eigenvalue weighted by atomic mass is 10.0. The molecule has 1 aliphatic carbocycles. The Bertz CT molecular complexity index is 790. The van der Waals surface area contributed by atoms with Crippen molar-refractivity contribution in [1.82, 2.24) is 30.0 Å². The first kappa shape index (κ1) is 17.2. The van der Waals surface area contributed by atoms with Gasteiger partial charge < -0.3 is 10.6 Å². The molecule has 1 saturated carbocycles. The van der Waals surface area contributed by atoms with Gasteiger partial charge in [0.15, 0.2) is 5.65 Å². The summed E-state index contributed by atoms with van der Waals surface area (Å²) in [6, 6.07) is 0.801. The second-order valence-electron chi connectivity index (χ2n) is 7.38. The van der Waals surface area contributed by atoms with E-state index in [0.29, 0.717) is 18.6 Å². The number of carbonyl (C=O) groups excluding carboxylic acids is 1. The smallest absolute Gasteiger partial charge is 0.234 e. The zero-order chi connectivity index (χ0) is 18.1. The van der Waals surface area contributed by atoms with E-state index in [1.165, 1.54) is 0 Å². The molecule has 0 spiro atoms. The summed E-state index contributed by atoms with van der Waals surface area (Å²) in [6.45, 7) is 4.44. The number of fused-ring (bicyclic) bond motifs is 1. The third kappa shape index (κ3) is 3.80. The maximum Gasteiger partial charge on any atom is 0.234 e. The molecule has 1 amide bonds. The standard InChI is InChI=1S/C18H27N7O/c1-3-15-22-17(14-10-19-24(2)18(14)23-15)21-13-6-8-25(9-7-13)11-16(26)20-12-4-5-12/h10,12-13H,3-9,11H2,1-2H3,(H,20,26)(H,21,22,23). The molecule has 0 bridgehead atoms. The van der Waals surface area contributed by atoms with Crippen LogP contribution < -0.4 is 10.6 Å². The number of nitrogens with zero attached hydrogens (tertiary/aromatic N) is 5. The topological polar surface area (TPSA) is 88.0 Å². The molecular formula is C18H27N7O. The van der Waals surface area contributed by atoms with E-state index >= 15 is 0 Å².